The SMILES string of the molecule is C[C@@H]1C[C@H](COc2ccc(S(C)(=O)=O)cc2)CN1CC(O)c1cc(Cl)cc(C#N)c1. The van der Waals surface area contributed by atoms with Crippen molar-refractivity contribution in [3.63, 3.8) is 0 Å². The lowest BCUT2D eigenvalue weighted by atomic mass is 10.1. The third kappa shape index (κ3) is 5.73. The number of aliphatic hydroxyl groups is 1. The molecule has 2 aromatic rings. The summed E-state index contributed by atoms with van der Waals surface area (Å²) in [6.07, 6.45) is 1.38. The van der Waals surface area contributed by atoms with Crippen LogP contribution in [0.2, 0.25) is 5.02 Å². The van der Waals surface area contributed by atoms with Gasteiger partial charge in [0.05, 0.1) is 29.2 Å². The molecule has 1 aliphatic rings. The van der Waals surface area contributed by atoms with E-state index in [0.29, 0.717) is 41.0 Å². The normalized spacial score (nSPS) is 20.6. The summed E-state index contributed by atoms with van der Waals surface area (Å²) in [5.41, 5.74) is 1.07. The minimum atomic E-state index is -3.22. The van der Waals surface area contributed by atoms with Crippen molar-refractivity contribution in [1.29, 1.82) is 5.26 Å². The predicted octanol–water partition coefficient (Wildman–Crippen LogP) is 3.44. The Morgan fingerprint density at radius 1 is 1.30 bits per heavy atom. The summed E-state index contributed by atoms with van der Waals surface area (Å²) < 4.78 is 28.9. The van der Waals surface area contributed by atoms with Gasteiger partial charge in [-0.2, -0.15) is 5.26 Å². The van der Waals surface area contributed by atoms with Gasteiger partial charge in [-0.1, -0.05) is 11.6 Å². The molecule has 0 radical (unpaired) electrons. The first-order valence-electron chi connectivity index (χ1n) is 9.71. The van der Waals surface area contributed by atoms with Gasteiger partial charge in [-0.25, -0.2) is 8.42 Å². The largest absolute Gasteiger partial charge is 0.493 e. The Hall–Kier alpha value is -2.11. The first-order valence-corrected chi connectivity index (χ1v) is 12.0. The van der Waals surface area contributed by atoms with Gasteiger partial charge in [-0.15, -0.1) is 0 Å². The topological polar surface area (TPSA) is 90.6 Å². The van der Waals surface area contributed by atoms with Crippen LogP contribution in [0.15, 0.2) is 47.4 Å². The Morgan fingerprint density at radius 2 is 2.00 bits per heavy atom. The molecule has 1 saturated heterocycles. The highest BCUT2D eigenvalue weighted by atomic mass is 35.5. The molecule has 8 heteroatoms. The van der Waals surface area contributed by atoms with E-state index in [4.69, 9.17) is 21.6 Å². The van der Waals surface area contributed by atoms with Crippen molar-refractivity contribution in [2.75, 3.05) is 26.0 Å². The van der Waals surface area contributed by atoms with Crippen LogP contribution in [0.4, 0.5) is 0 Å². The fourth-order valence-corrected chi connectivity index (χ4v) is 4.66. The van der Waals surface area contributed by atoms with Gasteiger partial charge in [0.1, 0.15) is 5.75 Å². The van der Waals surface area contributed by atoms with Crippen LogP contribution in [-0.4, -0.2) is 50.4 Å². The number of β-amino-alcohol motifs (C(OH)–C–C–N with tert-alkyl or cyclic N) is 1. The lowest BCUT2D eigenvalue weighted by Gasteiger charge is -2.24. The van der Waals surface area contributed by atoms with E-state index in [0.717, 1.165) is 13.0 Å². The van der Waals surface area contributed by atoms with Gasteiger partial charge in [0.15, 0.2) is 9.84 Å². The highest BCUT2D eigenvalue weighted by Gasteiger charge is 2.31. The number of sulfone groups is 1. The summed E-state index contributed by atoms with van der Waals surface area (Å²) in [4.78, 5) is 2.48. The average molecular weight is 449 g/mol. The smallest absolute Gasteiger partial charge is 0.175 e. The molecule has 1 unspecified atom stereocenters. The predicted molar refractivity (Wildman–Crippen MR) is 115 cm³/mol. The number of nitrogens with zero attached hydrogens (tertiary/aromatic N) is 2. The molecule has 0 bridgehead atoms. The van der Waals surface area contributed by atoms with E-state index in [2.05, 4.69) is 17.9 Å². The van der Waals surface area contributed by atoms with Gasteiger partial charge in [-0.3, -0.25) is 4.90 Å². The molecule has 3 rings (SSSR count). The first kappa shape index (κ1) is 22.6. The Balaban J connectivity index is 1.55. The average Bonchev–Trinajstić information content (AvgIpc) is 3.04. The number of likely N-dealkylation sites (tertiary alicyclic amines) is 1. The Bertz CT molecular complexity index is 1030. The summed E-state index contributed by atoms with van der Waals surface area (Å²) in [6.45, 7) is 3.87. The van der Waals surface area contributed by atoms with E-state index in [9.17, 15) is 13.5 Å². The van der Waals surface area contributed by atoms with Gasteiger partial charge < -0.3 is 9.84 Å². The van der Waals surface area contributed by atoms with Crippen LogP contribution in [0, 0.1) is 17.2 Å². The van der Waals surface area contributed by atoms with Gasteiger partial charge in [0.2, 0.25) is 0 Å². The van der Waals surface area contributed by atoms with Crippen LogP contribution in [0.25, 0.3) is 0 Å². The molecule has 1 heterocycles. The quantitative estimate of drug-likeness (QED) is 0.697. The van der Waals surface area contributed by atoms with Crippen LogP contribution in [0.5, 0.6) is 5.75 Å². The van der Waals surface area contributed by atoms with Crippen molar-refractivity contribution in [3.05, 3.63) is 58.6 Å². The molecule has 1 N–H and O–H groups in total. The van der Waals surface area contributed by atoms with Crippen molar-refractivity contribution < 1.29 is 18.3 Å². The number of halogens is 1. The van der Waals surface area contributed by atoms with Gasteiger partial charge in [0.25, 0.3) is 0 Å². The number of hydrogen-bond donors (Lipinski definition) is 1. The molecule has 0 aromatic heterocycles. The minimum Gasteiger partial charge on any atom is -0.493 e. The van der Waals surface area contributed by atoms with E-state index in [1.807, 2.05) is 0 Å². The molecule has 0 saturated carbocycles. The fourth-order valence-electron chi connectivity index (χ4n) is 3.79. The second kappa shape index (κ2) is 9.36. The van der Waals surface area contributed by atoms with E-state index < -0.39 is 15.9 Å². The molecular formula is C22H25ClN2O4S. The fraction of sp³-hybridized carbons (Fsp3) is 0.409. The molecule has 3 atom stereocenters. The molecule has 30 heavy (non-hydrogen) atoms. The number of benzene rings is 2. The summed E-state index contributed by atoms with van der Waals surface area (Å²) in [6, 6.07) is 13.7. The Kier molecular flexibility index (Phi) is 7.04. The van der Waals surface area contributed by atoms with Crippen molar-refractivity contribution in [3.8, 4) is 11.8 Å². The maximum absolute atomic E-state index is 11.5. The van der Waals surface area contributed by atoms with Crippen LogP contribution in [-0.2, 0) is 9.84 Å². The zero-order chi connectivity index (χ0) is 21.9. The van der Waals surface area contributed by atoms with Crippen molar-refractivity contribution >= 4 is 21.4 Å². The minimum absolute atomic E-state index is 0.269. The van der Waals surface area contributed by atoms with Crippen LogP contribution in [0.1, 0.15) is 30.6 Å². The molecule has 2 aromatic carbocycles. The van der Waals surface area contributed by atoms with E-state index in [-0.39, 0.29) is 10.9 Å². The van der Waals surface area contributed by atoms with Crippen molar-refractivity contribution in [1.82, 2.24) is 4.90 Å². The Morgan fingerprint density at radius 3 is 2.63 bits per heavy atom. The molecule has 1 aliphatic heterocycles. The number of aliphatic hydroxyl groups excluding tert-OH is 1. The highest BCUT2D eigenvalue weighted by Crippen LogP contribution is 2.28. The third-order valence-electron chi connectivity index (χ3n) is 5.37. The van der Waals surface area contributed by atoms with Crippen LogP contribution < -0.4 is 4.74 Å². The van der Waals surface area contributed by atoms with Crippen LogP contribution >= 0.6 is 11.6 Å². The maximum atomic E-state index is 11.5. The highest BCUT2D eigenvalue weighted by molar-refractivity contribution is 7.90. The summed E-state index contributed by atoms with van der Waals surface area (Å²) in [7, 11) is -3.22. The monoisotopic (exact) mass is 448 g/mol. The number of ether oxygens (including phenoxy) is 1. The zero-order valence-corrected chi connectivity index (χ0v) is 18.5. The van der Waals surface area contributed by atoms with Gasteiger partial charge in [0, 0.05) is 36.3 Å². The molecule has 0 spiro atoms. The zero-order valence-electron chi connectivity index (χ0n) is 17.0. The van der Waals surface area contributed by atoms with E-state index >= 15 is 0 Å². The number of rotatable bonds is 7. The Labute approximate surface area is 182 Å². The molecule has 0 amide bonds. The van der Waals surface area contributed by atoms with Gasteiger partial charge >= 0.3 is 0 Å². The van der Waals surface area contributed by atoms with Crippen molar-refractivity contribution in [2.24, 2.45) is 5.92 Å². The number of nitriles is 1. The summed E-state index contributed by atoms with van der Waals surface area (Å²) >= 11 is 6.05. The number of hydrogen-bond acceptors (Lipinski definition) is 6. The third-order valence-corrected chi connectivity index (χ3v) is 6.72. The molecule has 160 valence electrons. The van der Waals surface area contributed by atoms with Crippen LogP contribution in [0.3, 0.4) is 0 Å². The van der Waals surface area contributed by atoms with E-state index in [1.54, 1.807) is 42.5 Å². The first-order chi connectivity index (χ1) is 14.2. The van der Waals surface area contributed by atoms with Gasteiger partial charge in [-0.05, 0) is 61.4 Å². The molecule has 1 fully saturated rings. The second-order valence-corrected chi connectivity index (χ2v) is 10.3. The lowest BCUT2D eigenvalue weighted by Crippen LogP contribution is -2.32. The standard InChI is InChI=1S/C22H25ClN2O4S/c1-15-7-17(14-29-20-3-5-21(6-4-20)30(2,27)28)12-25(15)13-22(26)18-8-16(11-24)9-19(23)10-18/h3-6,8-10,15,17,22,26H,7,12-14H2,1-2H3/t15-,17+,22?/m1/s1. The summed E-state index contributed by atoms with van der Waals surface area (Å²) in [5, 5.41) is 20.2. The maximum Gasteiger partial charge on any atom is 0.175 e. The second-order valence-electron chi connectivity index (χ2n) is 7.86. The summed E-state index contributed by atoms with van der Waals surface area (Å²) in [5.74, 6) is 0.937. The van der Waals surface area contributed by atoms with E-state index in [1.165, 1.54) is 6.26 Å². The lowest BCUT2D eigenvalue weighted by molar-refractivity contribution is 0.107. The van der Waals surface area contributed by atoms with Crippen molar-refractivity contribution in [2.45, 2.75) is 30.4 Å². The molecule has 6 nitrogen and oxygen atoms in total. The molecular weight excluding hydrogens is 424 g/mol. The molecule has 0 aliphatic carbocycles.